The molecule has 0 atom stereocenters. The molecule has 8 heavy (non-hydrogen) atoms. The predicted molar refractivity (Wildman–Crippen MR) is 38.4 cm³/mol. The van der Waals surface area contributed by atoms with Crippen LogP contribution >= 0.6 is 27.5 Å². The van der Waals surface area contributed by atoms with Crippen LogP contribution in [0.4, 0.5) is 0 Å². The van der Waals surface area contributed by atoms with E-state index in [4.69, 9.17) is 11.6 Å². The second-order valence-corrected chi connectivity index (χ2v) is 2.13. The third-order valence-electron chi connectivity index (χ3n) is 0.745. The molecule has 1 nitrogen and oxygen atoms in total. The number of carbonyl (C=O) groups excluding carboxylic acids is 1. The lowest BCUT2D eigenvalue weighted by atomic mass is 10.3. The molecule has 0 bridgehead atoms. The lowest BCUT2D eigenvalue weighted by Gasteiger charge is -1.89. The third kappa shape index (κ3) is 2.48. The Balaban J connectivity index is 3.92. The largest absolute Gasteiger partial charge is 0.276 e. The lowest BCUT2D eigenvalue weighted by molar-refractivity contribution is -0.108. The van der Waals surface area contributed by atoms with Gasteiger partial charge in [-0.15, -0.1) is 0 Å². The van der Waals surface area contributed by atoms with Gasteiger partial charge in [0.15, 0.2) is 0 Å². The highest BCUT2D eigenvalue weighted by molar-refractivity contribution is 9.09. The minimum absolute atomic E-state index is 0.385. The minimum Gasteiger partial charge on any atom is -0.276 e. The molecular weight excluding hydrogens is 191 g/mol. The lowest BCUT2D eigenvalue weighted by Crippen LogP contribution is -1.92. The van der Waals surface area contributed by atoms with Gasteiger partial charge < -0.3 is 0 Å². The summed E-state index contributed by atoms with van der Waals surface area (Å²) in [5.74, 6) is 0. The molecule has 0 aromatic heterocycles. The van der Waals surface area contributed by atoms with Crippen molar-refractivity contribution >= 4 is 32.8 Å². The number of allylic oxidation sites excluding steroid dienone is 2. The highest BCUT2D eigenvalue weighted by Crippen LogP contribution is 2.02. The van der Waals surface area contributed by atoms with Crippen LogP contribution in [0.3, 0.4) is 0 Å². The maximum Gasteiger partial charge on any atom is 0.248 e. The molecular formula is C5H6BrClO. The average Bonchev–Trinajstić information content (AvgIpc) is 1.69. The Bertz CT molecular complexity index is 120. The van der Waals surface area contributed by atoms with Crippen molar-refractivity contribution in [3.63, 3.8) is 0 Å². The van der Waals surface area contributed by atoms with Gasteiger partial charge in [-0.3, -0.25) is 4.79 Å². The smallest absolute Gasteiger partial charge is 0.248 e. The first kappa shape index (κ1) is 8.18. The van der Waals surface area contributed by atoms with Crippen LogP contribution in [0.1, 0.15) is 6.92 Å². The number of hydrogen-bond acceptors (Lipinski definition) is 1. The third-order valence-corrected chi connectivity index (χ3v) is 1.59. The Morgan fingerprint density at radius 3 is 2.38 bits per heavy atom. The van der Waals surface area contributed by atoms with Gasteiger partial charge in [-0.25, -0.2) is 0 Å². The van der Waals surface area contributed by atoms with Crippen molar-refractivity contribution in [3.8, 4) is 0 Å². The van der Waals surface area contributed by atoms with Gasteiger partial charge in [0, 0.05) is 10.9 Å². The first-order valence-electron chi connectivity index (χ1n) is 2.13. The summed E-state index contributed by atoms with van der Waals surface area (Å²) >= 11 is 8.21. The van der Waals surface area contributed by atoms with Crippen LogP contribution in [0.5, 0.6) is 0 Å². The summed E-state index contributed by atoms with van der Waals surface area (Å²) in [6.07, 6.45) is 1.68. The van der Waals surface area contributed by atoms with Crippen molar-refractivity contribution in [2.75, 3.05) is 5.33 Å². The van der Waals surface area contributed by atoms with E-state index in [0.29, 0.717) is 10.9 Å². The van der Waals surface area contributed by atoms with Gasteiger partial charge in [0.05, 0.1) is 0 Å². The summed E-state index contributed by atoms with van der Waals surface area (Å²) in [6.45, 7) is 1.77. The molecule has 0 amide bonds. The van der Waals surface area contributed by atoms with Crippen molar-refractivity contribution in [2.45, 2.75) is 6.92 Å². The van der Waals surface area contributed by atoms with Crippen LogP contribution in [0.15, 0.2) is 11.6 Å². The van der Waals surface area contributed by atoms with E-state index >= 15 is 0 Å². The molecule has 0 aliphatic rings. The van der Waals surface area contributed by atoms with Crippen LogP contribution in [0, 0.1) is 0 Å². The quantitative estimate of drug-likeness (QED) is 0.376. The van der Waals surface area contributed by atoms with Gasteiger partial charge in [0.1, 0.15) is 0 Å². The van der Waals surface area contributed by atoms with Crippen molar-refractivity contribution in [3.05, 3.63) is 11.6 Å². The van der Waals surface area contributed by atoms with E-state index in [2.05, 4.69) is 15.9 Å². The summed E-state index contributed by atoms with van der Waals surface area (Å²) in [6, 6.07) is 0. The molecule has 0 spiro atoms. The molecule has 0 saturated carbocycles. The Morgan fingerprint density at radius 2 is 2.38 bits per heavy atom. The van der Waals surface area contributed by atoms with E-state index in [1.807, 2.05) is 0 Å². The molecule has 0 heterocycles. The van der Waals surface area contributed by atoms with E-state index < -0.39 is 0 Å². The van der Waals surface area contributed by atoms with Crippen LogP contribution in [-0.4, -0.2) is 10.6 Å². The number of hydrogen-bond donors (Lipinski definition) is 0. The van der Waals surface area contributed by atoms with Crippen LogP contribution in [0.25, 0.3) is 0 Å². The normalized spacial score (nSPS) is 11.6. The van der Waals surface area contributed by atoms with Gasteiger partial charge in [0.25, 0.3) is 0 Å². The molecule has 0 aliphatic heterocycles. The number of rotatable bonds is 2. The van der Waals surface area contributed by atoms with Gasteiger partial charge in [-0.1, -0.05) is 22.0 Å². The molecule has 0 aliphatic carbocycles. The predicted octanol–water partition coefficient (Wildman–Crippen LogP) is 2.09. The second kappa shape index (κ2) is 4.10. The second-order valence-electron chi connectivity index (χ2n) is 1.22. The minimum atomic E-state index is -0.385. The molecule has 0 radical (unpaired) electrons. The van der Waals surface area contributed by atoms with E-state index in [-0.39, 0.29) is 5.24 Å². The standard InChI is InChI=1S/C5H6BrClO/c1-2-4(3-6)5(7)8/h2H,3H2,1H3/b4-2-. The Labute approximate surface area is 61.8 Å². The van der Waals surface area contributed by atoms with E-state index in [1.165, 1.54) is 0 Å². The van der Waals surface area contributed by atoms with Crippen molar-refractivity contribution in [1.29, 1.82) is 0 Å². The Kier molecular flexibility index (Phi) is 4.19. The van der Waals surface area contributed by atoms with Crippen LogP contribution < -0.4 is 0 Å². The van der Waals surface area contributed by atoms with E-state index in [1.54, 1.807) is 13.0 Å². The first-order valence-corrected chi connectivity index (χ1v) is 3.63. The highest BCUT2D eigenvalue weighted by atomic mass is 79.9. The Morgan fingerprint density at radius 1 is 1.88 bits per heavy atom. The van der Waals surface area contributed by atoms with Crippen molar-refractivity contribution < 1.29 is 4.79 Å². The fraction of sp³-hybridized carbons (Fsp3) is 0.400. The first-order chi connectivity index (χ1) is 3.72. The SMILES string of the molecule is C/C=C(/CBr)C(=O)Cl. The average molecular weight is 197 g/mol. The zero-order chi connectivity index (χ0) is 6.57. The summed E-state index contributed by atoms with van der Waals surface area (Å²) < 4.78 is 0. The maximum atomic E-state index is 10.3. The topological polar surface area (TPSA) is 17.1 Å². The van der Waals surface area contributed by atoms with Gasteiger partial charge in [-0.2, -0.15) is 0 Å². The zero-order valence-corrected chi connectivity index (χ0v) is 6.79. The molecule has 0 saturated heterocycles. The number of carbonyl (C=O) groups is 1. The van der Waals surface area contributed by atoms with Gasteiger partial charge in [0.2, 0.25) is 5.24 Å². The van der Waals surface area contributed by atoms with E-state index in [0.717, 1.165) is 0 Å². The molecule has 0 aromatic carbocycles. The molecule has 0 N–H and O–H groups in total. The zero-order valence-electron chi connectivity index (χ0n) is 4.45. The van der Waals surface area contributed by atoms with Gasteiger partial charge in [-0.05, 0) is 18.5 Å². The highest BCUT2D eigenvalue weighted by Gasteiger charge is 1.99. The molecule has 0 aromatic rings. The molecule has 0 rings (SSSR count). The monoisotopic (exact) mass is 196 g/mol. The maximum absolute atomic E-state index is 10.3. The van der Waals surface area contributed by atoms with E-state index in [9.17, 15) is 4.79 Å². The van der Waals surface area contributed by atoms with Crippen LogP contribution in [0.2, 0.25) is 0 Å². The van der Waals surface area contributed by atoms with Crippen molar-refractivity contribution in [2.24, 2.45) is 0 Å². The molecule has 3 heteroatoms. The molecule has 46 valence electrons. The molecule has 0 unspecified atom stereocenters. The fourth-order valence-corrected chi connectivity index (χ4v) is 1.16. The summed E-state index contributed by atoms with van der Waals surface area (Å²) in [5, 5.41) is 0.149. The Hall–Kier alpha value is 0.180. The molecule has 0 fully saturated rings. The van der Waals surface area contributed by atoms with Crippen LogP contribution in [-0.2, 0) is 4.79 Å². The van der Waals surface area contributed by atoms with Gasteiger partial charge >= 0.3 is 0 Å². The number of alkyl halides is 1. The summed E-state index contributed by atoms with van der Waals surface area (Å²) in [4.78, 5) is 10.3. The van der Waals surface area contributed by atoms with Crippen molar-refractivity contribution in [1.82, 2.24) is 0 Å². The fourth-order valence-electron chi connectivity index (χ4n) is 0.243. The summed E-state index contributed by atoms with van der Waals surface area (Å²) in [5.41, 5.74) is 0.603. The summed E-state index contributed by atoms with van der Waals surface area (Å²) in [7, 11) is 0. The number of halogens is 2.